The van der Waals surface area contributed by atoms with E-state index in [2.05, 4.69) is 14.9 Å². The lowest BCUT2D eigenvalue weighted by atomic mass is 10.2. The second kappa shape index (κ2) is 6.88. The summed E-state index contributed by atoms with van der Waals surface area (Å²) in [5.41, 5.74) is 5.59. The summed E-state index contributed by atoms with van der Waals surface area (Å²) < 4.78 is 0. The minimum absolute atomic E-state index is 0.0607. The number of nitrogens with one attached hydrogen (secondary N) is 1. The molecule has 1 saturated carbocycles. The monoisotopic (exact) mass is 278 g/mol. The number of nitrogens with two attached hydrogens (primary N) is 1. The number of anilines is 1. The van der Waals surface area contributed by atoms with Crippen molar-refractivity contribution in [1.29, 1.82) is 0 Å². The molecule has 0 unspecified atom stereocenters. The van der Waals surface area contributed by atoms with Gasteiger partial charge in [0.15, 0.2) is 0 Å². The minimum atomic E-state index is -0.0607. The molecule has 1 aliphatic rings. The standard InChI is InChI=1S/C15H26N4O/c1-11(2)15-17-13(10-14(20)18-15)19(9-5-8-16)12-6-3-4-7-12/h10-12H,3-9,16H2,1-2H3,(H,17,18,20). The van der Waals surface area contributed by atoms with E-state index in [0.29, 0.717) is 12.6 Å². The van der Waals surface area contributed by atoms with Crippen LogP contribution in [-0.4, -0.2) is 29.1 Å². The molecule has 3 N–H and O–H groups in total. The summed E-state index contributed by atoms with van der Waals surface area (Å²) in [7, 11) is 0. The van der Waals surface area contributed by atoms with Gasteiger partial charge in [0, 0.05) is 24.6 Å². The van der Waals surface area contributed by atoms with Gasteiger partial charge in [-0.25, -0.2) is 4.98 Å². The quantitative estimate of drug-likeness (QED) is 0.834. The lowest BCUT2D eigenvalue weighted by molar-refractivity contribution is 0.582. The van der Waals surface area contributed by atoms with Crippen molar-refractivity contribution in [3.8, 4) is 0 Å². The first-order valence-electron chi connectivity index (χ1n) is 7.69. The van der Waals surface area contributed by atoms with Crippen LogP contribution < -0.4 is 16.2 Å². The molecule has 0 atom stereocenters. The van der Waals surface area contributed by atoms with Crippen LogP contribution in [-0.2, 0) is 0 Å². The van der Waals surface area contributed by atoms with E-state index in [1.807, 2.05) is 13.8 Å². The molecular weight excluding hydrogens is 252 g/mol. The van der Waals surface area contributed by atoms with Crippen LogP contribution in [0.3, 0.4) is 0 Å². The predicted octanol–water partition coefficient (Wildman–Crippen LogP) is 1.99. The fourth-order valence-electron chi connectivity index (χ4n) is 2.85. The highest BCUT2D eigenvalue weighted by Crippen LogP contribution is 2.27. The summed E-state index contributed by atoms with van der Waals surface area (Å²) in [6.07, 6.45) is 5.85. The summed E-state index contributed by atoms with van der Waals surface area (Å²) in [4.78, 5) is 21.6. The molecule has 5 heteroatoms. The molecule has 2 rings (SSSR count). The van der Waals surface area contributed by atoms with Gasteiger partial charge in [-0.3, -0.25) is 4.79 Å². The molecule has 0 aliphatic heterocycles. The van der Waals surface area contributed by atoms with Crippen LogP contribution in [0.1, 0.15) is 57.7 Å². The van der Waals surface area contributed by atoms with Gasteiger partial charge in [-0.15, -0.1) is 0 Å². The number of nitrogens with zero attached hydrogens (tertiary/aromatic N) is 2. The molecule has 112 valence electrons. The number of hydrogen-bond donors (Lipinski definition) is 2. The maximum Gasteiger partial charge on any atom is 0.252 e. The first-order valence-corrected chi connectivity index (χ1v) is 7.69. The highest BCUT2D eigenvalue weighted by atomic mass is 16.1. The van der Waals surface area contributed by atoms with E-state index < -0.39 is 0 Å². The van der Waals surface area contributed by atoms with Gasteiger partial charge in [0.2, 0.25) is 0 Å². The lowest BCUT2D eigenvalue weighted by Gasteiger charge is -2.30. The largest absolute Gasteiger partial charge is 0.353 e. The Bertz CT molecular complexity index is 477. The van der Waals surface area contributed by atoms with E-state index >= 15 is 0 Å². The third-order valence-electron chi connectivity index (χ3n) is 3.96. The van der Waals surface area contributed by atoms with E-state index in [4.69, 9.17) is 5.73 Å². The van der Waals surface area contributed by atoms with E-state index in [1.165, 1.54) is 25.7 Å². The first kappa shape index (κ1) is 15.0. The Labute approximate surface area is 120 Å². The van der Waals surface area contributed by atoms with Crippen molar-refractivity contribution < 1.29 is 0 Å². The van der Waals surface area contributed by atoms with Crippen molar-refractivity contribution in [1.82, 2.24) is 9.97 Å². The van der Waals surface area contributed by atoms with Crippen molar-refractivity contribution in [2.45, 2.75) is 57.9 Å². The maximum absolute atomic E-state index is 11.9. The summed E-state index contributed by atoms with van der Waals surface area (Å²) >= 11 is 0. The summed E-state index contributed by atoms with van der Waals surface area (Å²) in [6, 6.07) is 2.14. The zero-order valence-electron chi connectivity index (χ0n) is 12.6. The minimum Gasteiger partial charge on any atom is -0.353 e. The maximum atomic E-state index is 11.9. The van der Waals surface area contributed by atoms with Crippen molar-refractivity contribution in [3.05, 3.63) is 22.2 Å². The Morgan fingerprint density at radius 3 is 2.75 bits per heavy atom. The molecule has 5 nitrogen and oxygen atoms in total. The van der Waals surface area contributed by atoms with Crippen LogP contribution in [0.2, 0.25) is 0 Å². The number of hydrogen-bond acceptors (Lipinski definition) is 4. The smallest absolute Gasteiger partial charge is 0.252 e. The third kappa shape index (κ3) is 3.60. The Morgan fingerprint density at radius 2 is 2.15 bits per heavy atom. The fraction of sp³-hybridized carbons (Fsp3) is 0.733. The Balaban J connectivity index is 2.29. The van der Waals surface area contributed by atoms with Gasteiger partial charge in [-0.2, -0.15) is 0 Å². The normalized spacial score (nSPS) is 16.0. The van der Waals surface area contributed by atoms with Crippen molar-refractivity contribution in [3.63, 3.8) is 0 Å². The van der Waals surface area contributed by atoms with Gasteiger partial charge in [-0.05, 0) is 25.8 Å². The van der Waals surface area contributed by atoms with Crippen LogP contribution in [0.4, 0.5) is 5.82 Å². The average molecular weight is 278 g/mol. The van der Waals surface area contributed by atoms with Crippen molar-refractivity contribution in [2.75, 3.05) is 18.0 Å². The van der Waals surface area contributed by atoms with E-state index in [1.54, 1.807) is 6.07 Å². The van der Waals surface area contributed by atoms with Crippen LogP contribution in [0.25, 0.3) is 0 Å². The molecule has 0 bridgehead atoms. The molecule has 1 heterocycles. The van der Waals surface area contributed by atoms with Gasteiger partial charge in [0.25, 0.3) is 5.56 Å². The van der Waals surface area contributed by atoms with Crippen LogP contribution in [0.5, 0.6) is 0 Å². The highest BCUT2D eigenvalue weighted by Gasteiger charge is 2.24. The predicted molar refractivity (Wildman–Crippen MR) is 82.2 cm³/mol. The van der Waals surface area contributed by atoms with Gasteiger partial charge in [-0.1, -0.05) is 26.7 Å². The molecule has 0 saturated heterocycles. The van der Waals surface area contributed by atoms with Gasteiger partial charge >= 0.3 is 0 Å². The van der Waals surface area contributed by atoms with Crippen LogP contribution in [0.15, 0.2) is 10.9 Å². The molecule has 0 radical (unpaired) electrons. The van der Waals surface area contributed by atoms with Crippen molar-refractivity contribution in [2.24, 2.45) is 5.73 Å². The number of aromatic amines is 1. The SMILES string of the molecule is CC(C)c1nc(N(CCCN)C2CCCC2)cc(=O)[nH]1. The summed E-state index contributed by atoms with van der Waals surface area (Å²) in [6.45, 7) is 5.64. The first-order chi connectivity index (χ1) is 9.61. The van der Waals surface area contributed by atoms with Crippen LogP contribution in [0, 0.1) is 0 Å². The fourth-order valence-corrected chi connectivity index (χ4v) is 2.85. The average Bonchev–Trinajstić information content (AvgIpc) is 2.92. The Hall–Kier alpha value is -1.36. The molecule has 0 spiro atoms. The van der Waals surface area contributed by atoms with E-state index in [-0.39, 0.29) is 11.5 Å². The molecule has 1 aromatic rings. The second-order valence-corrected chi connectivity index (χ2v) is 5.92. The molecule has 0 aromatic carbocycles. The molecular formula is C15H26N4O. The number of H-pyrrole nitrogens is 1. The molecule has 1 aliphatic carbocycles. The van der Waals surface area contributed by atoms with Gasteiger partial charge in [0.05, 0.1) is 0 Å². The summed E-state index contributed by atoms with van der Waals surface area (Å²) in [5.74, 6) is 1.81. The summed E-state index contributed by atoms with van der Waals surface area (Å²) in [5, 5.41) is 0. The second-order valence-electron chi connectivity index (χ2n) is 5.92. The molecule has 0 amide bonds. The zero-order valence-corrected chi connectivity index (χ0v) is 12.6. The van der Waals surface area contributed by atoms with Crippen molar-refractivity contribution >= 4 is 5.82 Å². The van der Waals surface area contributed by atoms with Gasteiger partial charge in [0.1, 0.15) is 11.6 Å². The molecule has 20 heavy (non-hydrogen) atoms. The van der Waals surface area contributed by atoms with Gasteiger partial charge < -0.3 is 15.6 Å². The highest BCUT2D eigenvalue weighted by molar-refractivity contribution is 5.39. The topological polar surface area (TPSA) is 75.0 Å². The Morgan fingerprint density at radius 1 is 1.45 bits per heavy atom. The molecule has 1 fully saturated rings. The number of aromatic nitrogens is 2. The van der Waals surface area contributed by atoms with E-state index in [0.717, 1.165) is 24.6 Å². The molecule has 1 aromatic heterocycles. The van der Waals surface area contributed by atoms with Crippen LogP contribution >= 0.6 is 0 Å². The zero-order chi connectivity index (χ0) is 14.5. The third-order valence-corrected chi connectivity index (χ3v) is 3.96. The Kier molecular flexibility index (Phi) is 5.17. The number of rotatable bonds is 6. The lowest BCUT2D eigenvalue weighted by Crippen LogP contribution is -2.36. The van der Waals surface area contributed by atoms with E-state index in [9.17, 15) is 4.79 Å².